The molecule has 1 aromatic heterocycles. The summed E-state index contributed by atoms with van der Waals surface area (Å²) in [4.78, 5) is 20.5. The minimum Gasteiger partial charge on any atom is -0.447 e. The van der Waals surface area contributed by atoms with Gasteiger partial charge in [-0.3, -0.25) is 9.69 Å². The fourth-order valence-electron chi connectivity index (χ4n) is 3.29. The van der Waals surface area contributed by atoms with E-state index in [0.29, 0.717) is 43.7 Å². The molecule has 1 amide bonds. The molecule has 3 aromatic rings. The molecular formula is C25H30FN3O2. The Labute approximate surface area is 183 Å². The minimum absolute atomic E-state index is 0.160. The second kappa shape index (κ2) is 10.4. The maximum absolute atomic E-state index is 13.3. The van der Waals surface area contributed by atoms with Crippen LogP contribution in [-0.4, -0.2) is 34.3 Å². The number of benzene rings is 2. The van der Waals surface area contributed by atoms with E-state index in [1.807, 2.05) is 6.92 Å². The molecule has 0 radical (unpaired) electrons. The predicted octanol–water partition coefficient (Wildman–Crippen LogP) is 5.23. The Balaban J connectivity index is 1.77. The Morgan fingerprint density at radius 1 is 1.00 bits per heavy atom. The molecule has 0 saturated carbocycles. The van der Waals surface area contributed by atoms with Crippen molar-refractivity contribution in [3.8, 4) is 0 Å². The van der Waals surface area contributed by atoms with Gasteiger partial charge in [-0.1, -0.05) is 50.2 Å². The quantitative estimate of drug-likeness (QED) is 0.473. The van der Waals surface area contributed by atoms with Crippen LogP contribution in [0.5, 0.6) is 0 Å². The molecule has 0 bridgehead atoms. The van der Waals surface area contributed by atoms with E-state index in [2.05, 4.69) is 48.0 Å². The summed E-state index contributed by atoms with van der Waals surface area (Å²) in [5.41, 5.74) is 3.76. The third kappa shape index (κ3) is 6.25. The topological polar surface area (TPSA) is 49.6 Å². The van der Waals surface area contributed by atoms with E-state index < -0.39 is 0 Å². The Bertz CT molecular complexity index is 981. The first kappa shape index (κ1) is 22.7. The summed E-state index contributed by atoms with van der Waals surface area (Å²) in [6.45, 7) is 8.58. The average Bonchev–Trinajstić information content (AvgIpc) is 3.23. The summed E-state index contributed by atoms with van der Waals surface area (Å²) in [7, 11) is 1.73. The lowest BCUT2D eigenvalue weighted by Gasteiger charge is -2.21. The van der Waals surface area contributed by atoms with Crippen LogP contribution in [-0.2, 0) is 19.6 Å². The molecule has 0 fully saturated rings. The lowest BCUT2D eigenvalue weighted by molar-refractivity contribution is 0.0796. The molecule has 31 heavy (non-hydrogen) atoms. The van der Waals surface area contributed by atoms with Crippen LogP contribution in [0.2, 0.25) is 0 Å². The highest BCUT2D eigenvalue weighted by atomic mass is 19.1. The molecule has 0 spiro atoms. The van der Waals surface area contributed by atoms with Crippen LogP contribution in [0.4, 0.5) is 4.39 Å². The van der Waals surface area contributed by atoms with E-state index in [4.69, 9.17) is 4.42 Å². The van der Waals surface area contributed by atoms with Gasteiger partial charge in [0.25, 0.3) is 5.91 Å². The Morgan fingerprint density at radius 2 is 1.58 bits per heavy atom. The van der Waals surface area contributed by atoms with Gasteiger partial charge in [-0.15, -0.1) is 0 Å². The lowest BCUT2D eigenvalue weighted by Crippen LogP contribution is -2.26. The summed E-state index contributed by atoms with van der Waals surface area (Å²) >= 11 is 0. The average molecular weight is 424 g/mol. The maximum Gasteiger partial charge on any atom is 0.275 e. The van der Waals surface area contributed by atoms with Crippen molar-refractivity contribution in [3.05, 3.63) is 88.9 Å². The molecule has 0 N–H and O–H groups in total. The molecule has 0 atom stereocenters. The van der Waals surface area contributed by atoms with Gasteiger partial charge in [-0.2, -0.15) is 0 Å². The first-order valence-corrected chi connectivity index (χ1v) is 10.6. The van der Waals surface area contributed by atoms with Crippen LogP contribution in [0, 0.1) is 5.82 Å². The van der Waals surface area contributed by atoms with Crippen LogP contribution in [0.3, 0.4) is 0 Å². The van der Waals surface area contributed by atoms with Crippen LogP contribution >= 0.6 is 0 Å². The second-order valence-corrected chi connectivity index (χ2v) is 8.11. The number of oxazole rings is 1. The fraction of sp³-hybridized carbons (Fsp3) is 0.360. The van der Waals surface area contributed by atoms with Crippen molar-refractivity contribution in [1.82, 2.24) is 14.8 Å². The smallest absolute Gasteiger partial charge is 0.275 e. The predicted molar refractivity (Wildman–Crippen MR) is 119 cm³/mol. The van der Waals surface area contributed by atoms with Crippen molar-refractivity contribution < 1.29 is 13.6 Å². The SMILES string of the molecule is CCN(C)C(=O)c1coc(CN(Cc2ccc(F)cc2)Cc2ccc(C(C)C)cc2)n1. The van der Waals surface area contributed by atoms with E-state index in [1.54, 1.807) is 24.1 Å². The molecular weight excluding hydrogens is 393 g/mol. The largest absolute Gasteiger partial charge is 0.447 e. The second-order valence-electron chi connectivity index (χ2n) is 8.11. The molecule has 1 heterocycles. The summed E-state index contributed by atoms with van der Waals surface area (Å²) in [5, 5.41) is 0. The minimum atomic E-state index is -0.254. The van der Waals surface area contributed by atoms with E-state index in [1.165, 1.54) is 29.5 Å². The Hall–Kier alpha value is -2.99. The normalized spacial score (nSPS) is 11.3. The van der Waals surface area contributed by atoms with Gasteiger partial charge in [0.15, 0.2) is 5.69 Å². The summed E-state index contributed by atoms with van der Waals surface area (Å²) in [6.07, 6.45) is 1.41. The van der Waals surface area contributed by atoms with Gasteiger partial charge in [0.05, 0.1) is 6.54 Å². The zero-order valence-electron chi connectivity index (χ0n) is 18.6. The highest BCUT2D eigenvalue weighted by molar-refractivity contribution is 5.91. The number of amides is 1. The van der Waals surface area contributed by atoms with E-state index >= 15 is 0 Å². The van der Waals surface area contributed by atoms with Gasteiger partial charge in [0, 0.05) is 26.7 Å². The Kier molecular flexibility index (Phi) is 7.58. The van der Waals surface area contributed by atoms with Gasteiger partial charge >= 0.3 is 0 Å². The molecule has 5 nitrogen and oxygen atoms in total. The van der Waals surface area contributed by atoms with Crippen molar-refractivity contribution in [1.29, 1.82) is 0 Å². The highest BCUT2D eigenvalue weighted by Crippen LogP contribution is 2.18. The first-order chi connectivity index (χ1) is 14.9. The molecule has 0 aliphatic heterocycles. The summed E-state index contributed by atoms with van der Waals surface area (Å²) in [6, 6.07) is 15.1. The Morgan fingerprint density at radius 3 is 2.13 bits per heavy atom. The molecule has 6 heteroatoms. The molecule has 0 aliphatic rings. The number of carbonyl (C=O) groups is 1. The molecule has 3 rings (SSSR count). The number of halogens is 1. The van der Waals surface area contributed by atoms with Crippen molar-refractivity contribution in [2.75, 3.05) is 13.6 Å². The van der Waals surface area contributed by atoms with Crippen LogP contribution in [0.1, 0.15) is 59.8 Å². The number of aromatic nitrogens is 1. The maximum atomic E-state index is 13.3. The first-order valence-electron chi connectivity index (χ1n) is 10.6. The fourth-order valence-corrected chi connectivity index (χ4v) is 3.29. The van der Waals surface area contributed by atoms with Crippen molar-refractivity contribution >= 4 is 5.91 Å². The molecule has 0 saturated heterocycles. The summed E-state index contributed by atoms with van der Waals surface area (Å²) in [5.74, 6) is 0.546. The number of carbonyl (C=O) groups excluding carboxylic acids is 1. The van der Waals surface area contributed by atoms with Gasteiger partial charge in [-0.05, 0) is 41.7 Å². The van der Waals surface area contributed by atoms with Crippen molar-refractivity contribution in [2.24, 2.45) is 0 Å². The van der Waals surface area contributed by atoms with Crippen LogP contribution in [0.15, 0.2) is 59.2 Å². The molecule has 0 aliphatic carbocycles. The number of rotatable bonds is 9. The summed E-state index contributed by atoms with van der Waals surface area (Å²) < 4.78 is 18.9. The standard InChI is InChI=1S/C25H30FN3O2/c1-5-28(4)25(30)23-17-31-24(27-23)16-29(15-20-8-12-22(26)13-9-20)14-19-6-10-21(11-7-19)18(2)3/h6-13,17-18H,5,14-16H2,1-4H3. The molecule has 2 aromatic carbocycles. The monoisotopic (exact) mass is 423 g/mol. The number of hydrogen-bond donors (Lipinski definition) is 0. The van der Waals surface area contributed by atoms with Gasteiger partial charge in [-0.25, -0.2) is 9.37 Å². The van der Waals surface area contributed by atoms with Crippen molar-refractivity contribution in [2.45, 2.75) is 46.3 Å². The number of nitrogens with zero attached hydrogens (tertiary/aromatic N) is 3. The lowest BCUT2D eigenvalue weighted by atomic mass is 10.0. The zero-order chi connectivity index (χ0) is 22.4. The van der Waals surface area contributed by atoms with Crippen LogP contribution < -0.4 is 0 Å². The van der Waals surface area contributed by atoms with Crippen LogP contribution in [0.25, 0.3) is 0 Å². The highest BCUT2D eigenvalue weighted by Gasteiger charge is 2.18. The zero-order valence-corrected chi connectivity index (χ0v) is 18.6. The molecule has 0 unspecified atom stereocenters. The van der Waals surface area contributed by atoms with E-state index in [0.717, 1.165) is 5.56 Å². The van der Waals surface area contributed by atoms with E-state index in [-0.39, 0.29) is 11.7 Å². The molecule has 164 valence electrons. The third-order valence-electron chi connectivity index (χ3n) is 5.32. The van der Waals surface area contributed by atoms with Gasteiger partial charge < -0.3 is 9.32 Å². The number of hydrogen-bond acceptors (Lipinski definition) is 4. The van der Waals surface area contributed by atoms with Gasteiger partial charge in [0.1, 0.15) is 12.1 Å². The van der Waals surface area contributed by atoms with Gasteiger partial charge in [0.2, 0.25) is 5.89 Å². The third-order valence-corrected chi connectivity index (χ3v) is 5.32. The van der Waals surface area contributed by atoms with E-state index in [9.17, 15) is 9.18 Å². The van der Waals surface area contributed by atoms with Crippen molar-refractivity contribution in [3.63, 3.8) is 0 Å².